The lowest BCUT2D eigenvalue weighted by Crippen LogP contribution is -2.41. The van der Waals surface area contributed by atoms with Crippen molar-refractivity contribution in [2.45, 2.75) is 92.9 Å². The molecule has 0 fully saturated rings. The van der Waals surface area contributed by atoms with Gasteiger partial charge in [0.2, 0.25) is 0 Å². The second-order valence-corrected chi connectivity index (χ2v) is 16.1. The number of fused-ring (bicyclic) bond motifs is 2. The molecule has 6 heteroatoms. The predicted molar refractivity (Wildman–Crippen MR) is 203 cm³/mol. The van der Waals surface area contributed by atoms with Gasteiger partial charge in [0.15, 0.2) is 0 Å². The third-order valence-corrected chi connectivity index (χ3v) is 11.5. The number of benzene rings is 5. The van der Waals surface area contributed by atoms with Crippen molar-refractivity contribution in [1.82, 2.24) is 9.80 Å². The Bertz CT molecular complexity index is 1890. The van der Waals surface area contributed by atoms with Gasteiger partial charge in [0.25, 0.3) is 23.6 Å². The van der Waals surface area contributed by atoms with Gasteiger partial charge < -0.3 is 0 Å². The second kappa shape index (κ2) is 13.4. The Hall–Kier alpha value is -4.32. The van der Waals surface area contributed by atoms with Crippen LogP contribution >= 0.6 is 0 Å². The van der Waals surface area contributed by atoms with Gasteiger partial charge in [-0.15, -0.1) is 0 Å². The van der Waals surface area contributed by atoms with E-state index in [1.54, 1.807) is 0 Å². The summed E-state index contributed by atoms with van der Waals surface area (Å²) in [6.45, 7) is 14.2. The second-order valence-electron chi connectivity index (χ2n) is 16.1. The topological polar surface area (TPSA) is 74.8 Å². The molecule has 0 saturated heterocycles. The summed E-state index contributed by atoms with van der Waals surface area (Å²) in [4.78, 5) is 58.6. The molecule has 2 atom stereocenters. The molecule has 7 rings (SSSR count). The summed E-state index contributed by atoms with van der Waals surface area (Å²) in [5.41, 5.74) is 2.23. The first kappa shape index (κ1) is 34.1. The highest BCUT2D eigenvalue weighted by molar-refractivity contribution is 6.41. The van der Waals surface area contributed by atoms with E-state index in [1.807, 2.05) is 48.5 Å². The molecule has 2 unspecified atom stereocenters. The first-order chi connectivity index (χ1) is 24.0. The average Bonchev–Trinajstić information content (AvgIpc) is 3.08. The highest BCUT2D eigenvalue weighted by Gasteiger charge is 2.37. The molecule has 5 aromatic carbocycles. The molecule has 50 heavy (non-hydrogen) atoms. The molecule has 0 bridgehead atoms. The Morgan fingerprint density at radius 3 is 0.980 bits per heavy atom. The van der Waals surface area contributed by atoms with E-state index in [-0.39, 0.29) is 23.6 Å². The van der Waals surface area contributed by atoms with E-state index in [0.717, 1.165) is 70.8 Å². The summed E-state index contributed by atoms with van der Waals surface area (Å²) in [7, 11) is 0. The van der Waals surface area contributed by atoms with Crippen LogP contribution in [0.3, 0.4) is 0 Å². The Kier molecular flexibility index (Phi) is 9.17. The lowest BCUT2D eigenvalue weighted by Gasteiger charge is -2.30. The predicted octanol–water partition coefficient (Wildman–Crippen LogP) is 10.6. The van der Waals surface area contributed by atoms with Gasteiger partial charge in [-0.1, -0.05) is 104 Å². The van der Waals surface area contributed by atoms with Gasteiger partial charge >= 0.3 is 0 Å². The zero-order valence-electron chi connectivity index (χ0n) is 30.5. The van der Waals surface area contributed by atoms with Gasteiger partial charge in [0, 0.05) is 46.1 Å². The minimum Gasteiger partial charge on any atom is -0.274 e. The Labute approximate surface area is 295 Å². The Morgan fingerprint density at radius 2 is 0.700 bits per heavy atom. The maximum Gasteiger partial charge on any atom is 0.261 e. The highest BCUT2D eigenvalue weighted by Crippen LogP contribution is 2.46. The van der Waals surface area contributed by atoms with Crippen molar-refractivity contribution in [3.05, 3.63) is 70.8 Å². The molecule has 2 aliphatic rings. The summed E-state index contributed by atoms with van der Waals surface area (Å²) < 4.78 is 0. The minimum atomic E-state index is -0.234. The van der Waals surface area contributed by atoms with Crippen LogP contribution in [0.1, 0.15) is 134 Å². The molecule has 0 saturated carbocycles. The smallest absolute Gasteiger partial charge is 0.261 e. The van der Waals surface area contributed by atoms with Gasteiger partial charge in [-0.25, -0.2) is 0 Å². The quantitative estimate of drug-likeness (QED) is 0.0669. The van der Waals surface area contributed by atoms with Gasteiger partial charge in [-0.3, -0.25) is 29.0 Å². The number of carbonyl (C=O) groups is 4. The van der Waals surface area contributed by atoms with E-state index in [4.69, 9.17) is 0 Å². The number of hydrogen-bond acceptors (Lipinski definition) is 4. The van der Waals surface area contributed by atoms with Crippen molar-refractivity contribution in [2.24, 2.45) is 23.7 Å². The first-order valence-electron chi connectivity index (χ1n) is 18.9. The number of amides is 4. The molecule has 0 aliphatic carbocycles. The fourth-order valence-electron chi connectivity index (χ4n) is 8.51. The van der Waals surface area contributed by atoms with Crippen molar-refractivity contribution in [3.63, 3.8) is 0 Å². The van der Waals surface area contributed by atoms with Gasteiger partial charge in [-0.2, -0.15) is 0 Å². The van der Waals surface area contributed by atoms with E-state index in [1.165, 1.54) is 22.6 Å². The number of imide groups is 2. The lowest BCUT2D eigenvalue weighted by atomic mass is 9.82. The fourth-order valence-corrected chi connectivity index (χ4v) is 8.51. The standard InChI is InChI=1S/C44H50N2O4/c1-25(2)9-7-11-27(5)21-23-45-41(47)33-17-13-29-31-15-19-35-40-36(44(50)46(43(35)49)24-22-28(6)12-8-10-26(3)4)20-16-32(38(31)40)30-14-18-34(42(45)48)39(33)37(29)30/h13-20,25-28H,7-12,21-24H2,1-6H3. The number of nitrogens with zero attached hydrogens (tertiary/aromatic N) is 2. The summed E-state index contributed by atoms with van der Waals surface area (Å²) in [5.74, 6) is 1.27. The Morgan fingerprint density at radius 1 is 0.400 bits per heavy atom. The van der Waals surface area contributed by atoms with Crippen LogP contribution in [-0.2, 0) is 0 Å². The molecule has 260 valence electrons. The van der Waals surface area contributed by atoms with Crippen molar-refractivity contribution in [2.75, 3.05) is 13.1 Å². The molecule has 0 N–H and O–H groups in total. The normalized spacial score (nSPS) is 16.1. The zero-order chi connectivity index (χ0) is 35.4. The summed E-state index contributed by atoms with van der Waals surface area (Å²) >= 11 is 0. The first-order valence-corrected chi connectivity index (χ1v) is 18.9. The molecule has 0 aromatic heterocycles. The van der Waals surface area contributed by atoms with Crippen molar-refractivity contribution in [1.29, 1.82) is 0 Å². The van der Waals surface area contributed by atoms with Crippen molar-refractivity contribution < 1.29 is 19.2 Å². The maximum atomic E-state index is 13.9. The van der Waals surface area contributed by atoms with Crippen LogP contribution in [-0.4, -0.2) is 46.5 Å². The molecule has 5 aromatic rings. The third kappa shape index (κ3) is 5.75. The number of rotatable bonds is 14. The summed E-state index contributed by atoms with van der Waals surface area (Å²) in [5, 5.41) is 6.86. The van der Waals surface area contributed by atoms with Crippen molar-refractivity contribution in [3.8, 4) is 0 Å². The van der Waals surface area contributed by atoms with E-state index < -0.39 is 0 Å². The molecular formula is C44H50N2O4. The molecular weight excluding hydrogens is 620 g/mol. The van der Waals surface area contributed by atoms with Crippen LogP contribution in [0.5, 0.6) is 0 Å². The lowest BCUT2D eigenvalue weighted by molar-refractivity contribution is 0.0586. The molecule has 6 nitrogen and oxygen atoms in total. The molecule has 2 aliphatic heterocycles. The van der Waals surface area contributed by atoms with Crippen LogP contribution in [0.2, 0.25) is 0 Å². The van der Waals surface area contributed by atoms with Crippen LogP contribution in [0.25, 0.3) is 43.1 Å². The highest BCUT2D eigenvalue weighted by atomic mass is 16.2. The fraction of sp³-hybridized carbons (Fsp3) is 0.455. The third-order valence-electron chi connectivity index (χ3n) is 11.5. The Balaban J connectivity index is 1.23. The van der Waals surface area contributed by atoms with Crippen LogP contribution in [0, 0.1) is 23.7 Å². The summed E-state index contributed by atoms with van der Waals surface area (Å²) in [6.07, 6.45) is 8.45. The number of carbonyl (C=O) groups excluding carboxylic acids is 4. The monoisotopic (exact) mass is 670 g/mol. The van der Waals surface area contributed by atoms with Gasteiger partial charge in [-0.05, 0) is 93.1 Å². The zero-order valence-corrected chi connectivity index (χ0v) is 30.5. The SMILES string of the molecule is CC(C)CCCC(C)CCN1C(=O)c2ccc3c4ccc5c6c(ccc(c7ccc(c2c37)C1=O)c64)C(=O)N(CCC(C)CCCC(C)C)C5=O. The maximum absolute atomic E-state index is 13.9. The van der Waals surface area contributed by atoms with Crippen molar-refractivity contribution >= 4 is 66.7 Å². The van der Waals surface area contributed by atoms with E-state index in [0.29, 0.717) is 69.8 Å². The molecule has 0 radical (unpaired) electrons. The minimum absolute atomic E-state index is 0.234. The number of hydrogen-bond donors (Lipinski definition) is 0. The average molecular weight is 671 g/mol. The largest absolute Gasteiger partial charge is 0.274 e. The van der Waals surface area contributed by atoms with Crippen LogP contribution in [0.4, 0.5) is 0 Å². The van der Waals surface area contributed by atoms with Gasteiger partial charge in [0.1, 0.15) is 0 Å². The molecule has 0 spiro atoms. The molecule has 2 heterocycles. The molecule has 4 amide bonds. The summed E-state index contributed by atoms with van der Waals surface area (Å²) in [6, 6.07) is 15.4. The van der Waals surface area contributed by atoms with Gasteiger partial charge in [0.05, 0.1) is 0 Å². The van der Waals surface area contributed by atoms with E-state index in [9.17, 15) is 19.2 Å². The van der Waals surface area contributed by atoms with Crippen LogP contribution in [0.15, 0.2) is 48.5 Å². The van der Waals surface area contributed by atoms with E-state index in [2.05, 4.69) is 41.5 Å². The van der Waals surface area contributed by atoms with Crippen LogP contribution < -0.4 is 0 Å². The van der Waals surface area contributed by atoms with E-state index >= 15 is 0 Å².